The maximum Gasteiger partial charge on any atom is 0.191 e. The van der Waals surface area contributed by atoms with Gasteiger partial charge in [0.25, 0.3) is 0 Å². The number of pyridine rings is 1. The molecule has 4 heterocycles. The van der Waals surface area contributed by atoms with Crippen LogP contribution < -0.4 is 10.6 Å². The Labute approximate surface area is 168 Å². The summed E-state index contributed by atoms with van der Waals surface area (Å²) in [6.07, 6.45) is 3.68. The molecule has 146 valence electrons. The number of aliphatic imine (C=N–C) groups is 1. The molecule has 0 aromatic carbocycles. The molecule has 0 bridgehead atoms. The lowest BCUT2D eigenvalue weighted by atomic mass is 10.3. The van der Waals surface area contributed by atoms with Gasteiger partial charge in [0.1, 0.15) is 0 Å². The molecule has 0 aliphatic carbocycles. The Morgan fingerprint density at radius 1 is 1.18 bits per heavy atom. The van der Waals surface area contributed by atoms with Crippen molar-refractivity contribution in [3.05, 3.63) is 52.9 Å². The first-order valence-corrected chi connectivity index (χ1v) is 10.2. The van der Waals surface area contributed by atoms with Crippen molar-refractivity contribution in [2.24, 2.45) is 10.7 Å². The van der Waals surface area contributed by atoms with E-state index in [1.807, 2.05) is 54.5 Å². The van der Waals surface area contributed by atoms with Crippen molar-refractivity contribution < 1.29 is 0 Å². The summed E-state index contributed by atoms with van der Waals surface area (Å²) >= 11 is 1.67. The third-order valence-electron chi connectivity index (χ3n) is 4.75. The summed E-state index contributed by atoms with van der Waals surface area (Å²) in [5.74, 6) is 1.39. The average molecular weight is 397 g/mol. The fourth-order valence-corrected chi connectivity index (χ4v) is 3.96. The molecule has 0 radical (unpaired) electrons. The quantitative estimate of drug-likeness (QED) is 0.536. The number of anilines is 1. The summed E-state index contributed by atoms with van der Waals surface area (Å²) in [5, 5.41) is 7.54. The van der Waals surface area contributed by atoms with Crippen LogP contribution in [0.4, 0.5) is 5.13 Å². The number of hydrogen-bond donors (Lipinski definition) is 1. The van der Waals surface area contributed by atoms with Crippen molar-refractivity contribution in [1.29, 1.82) is 0 Å². The second kappa shape index (κ2) is 7.97. The smallest absolute Gasteiger partial charge is 0.191 e. The molecule has 1 saturated heterocycles. The topological polar surface area (TPSA) is 88.5 Å². The SMILES string of the molecule is Cc1cc(C)n(-c2ccc(CN=C(N)N3CCN(c4nccs4)CC3)cn2)n1. The summed E-state index contributed by atoms with van der Waals surface area (Å²) in [4.78, 5) is 17.9. The molecule has 1 aliphatic rings. The molecule has 28 heavy (non-hydrogen) atoms. The van der Waals surface area contributed by atoms with Gasteiger partial charge in [0.2, 0.25) is 0 Å². The van der Waals surface area contributed by atoms with Gasteiger partial charge < -0.3 is 15.5 Å². The van der Waals surface area contributed by atoms with Gasteiger partial charge in [-0.2, -0.15) is 5.10 Å². The minimum absolute atomic E-state index is 0.517. The van der Waals surface area contributed by atoms with Crippen LogP contribution in [0.25, 0.3) is 5.82 Å². The van der Waals surface area contributed by atoms with E-state index in [-0.39, 0.29) is 0 Å². The number of aromatic nitrogens is 4. The van der Waals surface area contributed by atoms with E-state index in [9.17, 15) is 0 Å². The molecule has 3 aromatic heterocycles. The van der Waals surface area contributed by atoms with Gasteiger partial charge in [-0.15, -0.1) is 11.3 Å². The number of rotatable bonds is 4. The van der Waals surface area contributed by atoms with Crippen LogP contribution in [0.5, 0.6) is 0 Å². The first kappa shape index (κ1) is 18.4. The number of hydrogen-bond acceptors (Lipinski definition) is 6. The predicted molar refractivity (Wildman–Crippen MR) is 112 cm³/mol. The first-order valence-electron chi connectivity index (χ1n) is 9.28. The first-order chi connectivity index (χ1) is 13.6. The van der Waals surface area contributed by atoms with Crippen molar-refractivity contribution >= 4 is 22.4 Å². The molecule has 3 aromatic rings. The van der Waals surface area contributed by atoms with Gasteiger partial charge in [0.15, 0.2) is 16.9 Å². The highest BCUT2D eigenvalue weighted by atomic mass is 32.1. The van der Waals surface area contributed by atoms with Crippen LogP contribution in [0.3, 0.4) is 0 Å². The highest BCUT2D eigenvalue weighted by molar-refractivity contribution is 7.13. The standard InChI is InChI=1S/C19H24N8S/c1-14-11-15(2)27(24-14)17-4-3-16(12-22-17)13-23-18(20)25-6-8-26(9-7-25)19-21-5-10-28-19/h3-5,10-12H,6-9,13H2,1-2H3,(H2,20,23). The van der Waals surface area contributed by atoms with Crippen LogP contribution in [0.1, 0.15) is 17.0 Å². The zero-order chi connectivity index (χ0) is 19.5. The third kappa shape index (κ3) is 3.99. The second-order valence-corrected chi connectivity index (χ2v) is 7.70. The Hall–Kier alpha value is -2.94. The van der Waals surface area contributed by atoms with E-state index in [4.69, 9.17) is 5.73 Å². The van der Waals surface area contributed by atoms with Crippen LogP contribution in [0.2, 0.25) is 0 Å². The average Bonchev–Trinajstić information content (AvgIpc) is 3.36. The summed E-state index contributed by atoms with van der Waals surface area (Å²) in [7, 11) is 0. The predicted octanol–water partition coefficient (Wildman–Crippen LogP) is 1.98. The van der Waals surface area contributed by atoms with Crippen molar-refractivity contribution in [2.45, 2.75) is 20.4 Å². The zero-order valence-electron chi connectivity index (χ0n) is 16.1. The van der Waals surface area contributed by atoms with E-state index in [1.54, 1.807) is 11.3 Å². The van der Waals surface area contributed by atoms with E-state index >= 15 is 0 Å². The fraction of sp³-hybridized carbons (Fsp3) is 0.368. The maximum atomic E-state index is 6.21. The summed E-state index contributed by atoms with van der Waals surface area (Å²) in [5.41, 5.74) is 9.29. The summed E-state index contributed by atoms with van der Waals surface area (Å²) in [6.45, 7) is 8.03. The lowest BCUT2D eigenvalue weighted by molar-refractivity contribution is 0.380. The number of nitrogens with zero attached hydrogens (tertiary/aromatic N) is 7. The molecule has 0 amide bonds. The van der Waals surface area contributed by atoms with Crippen LogP contribution in [0.15, 0.2) is 41.0 Å². The highest BCUT2D eigenvalue weighted by Crippen LogP contribution is 2.18. The van der Waals surface area contributed by atoms with Crippen LogP contribution in [-0.2, 0) is 6.54 Å². The Morgan fingerprint density at radius 2 is 2.00 bits per heavy atom. The van der Waals surface area contributed by atoms with Crippen molar-refractivity contribution in [2.75, 3.05) is 31.1 Å². The number of piperazine rings is 1. The minimum Gasteiger partial charge on any atom is -0.370 e. The van der Waals surface area contributed by atoms with Crippen molar-refractivity contribution in [3.63, 3.8) is 0 Å². The van der Waals surface area contributed by atoms with Gasteiger partial charge in [0, 0.05) is 49.6 Å². The molecule has 9 heteroatoms. The number of aryl methyl sites for hydroxylation is 2. The molecular formula is C19H24N8S. The second-order valence-electron chi connectivity index (χ2n) is 6.83. The molecule has 2 N–H and O–H groups in total. The Kier molecular flexibility index (Phi) is 5.25. The Bertz CT molecular complexity index is 937. The largest absolute Gasteiger partial charge is 0.370 e. The van der Waals surface area contributed by atoms with E-state index in [0.717, 1.165) is 54.1 Å². The summed E-state index contributed by atoms with van der Waals surface area (Å²) < 4.78 is 1.85. The zero-order valence-corrected chi connectivity index (χ0v) is 16.9. The van der Waals surface area contributed by atoms with Gasteiger partial charge in [-0.3, -0.25) is 0 Å². The lowest BCUT2D eigenvalue weighted by Crippen LogP contribution is -2.51. The highest BCUT2D eigenvalue weighted by Gasteiger charge is 2.19. The molecule has 0 spiro atoms. The molecular weight excluding hydrogens is 372 g/mol. The van der Waals surface area contributed by atoms with Gasteiger partial charge >= 0.3 is 0 Å². The van der Waals surface area contributed by atoms with Crippen LogP contribution in [-0.4, -0.2) is 56.8 Å². The summed E-state index contributed by atoms with van der Waals surface area (Å²) in [6, 6.07) is 6.03. The molecule has 0 saturated carbocycles. The van der Waals surface area contributed by atoms with E-state index < -0.39 is 0 Å². The van der Waals surface area contributed by atoms with E-state index in [2.05, 4.69) is 29.9 Å². The van der Waals surface area contributed by atoms with Gasteiger partial charge in [-0.05, 0) is 31.5 Å². The molecule has 4 rings (SSSR count). The van der Waals surface area contributed by atoms with Crippen molar-refractivity contribution in [3.8, 4) is 5.82 Å². The lowest BCUT2D eigenvalue weighted by Gasteiger charge is -2.35. The number of nitrogens with two attached hydrogens (primary N) is 1. The normalized spacial score (nSPS) is 15.3. The maximum absolute atomic E-state index is 6.21. The van der Waals surface area contributed by atoms with Crippen molar-refractivity contribution in [1.82, 2.24) is 24.6 Å². The number of guanidine groups is 1. The number of thiazole rings is 1. The molecule has 1 aliphatic heterocycles. The Balaban J connectivity index is 1.34. The molecule has 0 atom stereocenters. The Morgan fingerprint density at radius 3 is 2.61 bits per heavy atom. The van der Waals surface area contributed by atoms with Gasteiger partial charge in [-0.25, -0.2) is 19.6 Å². The fourth-order valence-electron chi connectivity index (χ4n) is 3.27. The molecule has 1 fully saturated rings. The van der Waals surface area contributed by atoms with Crippen LogP contribution in [0, 0.1) is 13.8 Å². The van der Waals surface area contributed by atoms with E-state index in [1.165, 1.54) is 0 Å². The van der Waals surface area contributed by atoms with Gasteiger partial charge in [0.05, 0.1) is 12.2 Å². The van der Waals surface area contributed by atoms with Crippen LogP contribution >= 0.6 is 11.3 Å². The third-order valence-corrected chi connectivity index (χ3v) is 5.59. The minimum atomic E-state index is 0.517. The van der Waals surface area contributed by atoms with E-state index in [0.29, 0.717) is 12.5 Å². The molecule has 0 unspecified atom stereocenters. The van der Waals surface area contributed by atoms with Gasteiger partial charge in [-0.1, -0.05) is 6.07 Å². The molecule has 8 nitrogen and oxygen atoms in total. The monoisotopic (exact) mass is 396 g/mol.